The summed E-state index contributed by atoms with van der Waals surface area (Å²) < 4.78 is 148. The summed E-state index contributed by atoms with van der Waals surface area (Å²) in [7, 11) is -1.40. The van der Waals surface area contributed by atoms with Crippen molar-refractivity contribution < 1.29 is 67.3 Å². The van der Waals surface area contributed by atoms with Gasteiger partial charge in [-0.05, 0) is 167 Å². The Labute approximate surface area is 660 Å². The molecule has 6 bridgehead atoms. The Bertz CT molecular complexity index is 5720. The van der Waals surface area contributed by atoms with Gasteiger partial charge in [0.25, 0.3) is 5.95 Å². The van der Waals surface area contributed by atoms with Gasteiger partial charge in [-0.1, -0.05) is 59.7 Å². The van der Waals surface area contributed by atoms with Gasteiger partial charge in [0, 0.05) is 25.4 Å². The Kier molecular flexibility index (Phi) is 22.1. The minimum Gasteiger partial charge on any atom is -0.494 e. The average Bonchev–Trinajstić information content (AvgIpc) is 1.52. The molecular weight excluding hydrogens is 1570 g/mol. The van der Waals surface area contributed by atoms with Crippen LogP contribution in [0.2, 0.25) is 10.6 Å². The van der Waals surface area contributed by atoms with Crippen LogP contribution in [0.3, 0.4) is 0 Å². The average molecular weight is 1650 g/mol. The van der Waals surface area contributed by atoms with Gasteiger partial charge in [-0.2, -0.15) is 25.1 Å². The molecule has 0 amide bonds. The van der Waals surface area contributed by atoms with Crippen molar-refractivity contribution in [2.24, 2.45) is 16.2 Å². The van der Waals surface area contributed by atoms with E-state index >= 15 is 0 Å². The Morgan fingerprint density at radius 2 is 0.947 bits per heavy atom. The third-order valence-electron chi connectivity index (χ3n) is 23.3. The minimum absolute atomic E-state index is 0.00677. The third-order valence-corrected chi connectivity index (χ3v) is 25.6. The number of aryl methyl sites for hydroxylation is 2. The summed E-state index contributed by atoms with van der Waals surface area (Å²) in [4.78, 5) is 45.3. The SMILES string of the molecule is CC1(C)[C@H]2CC[C@]1(C(=O)O)c1nnc(-c3c(F)cccc3F)cc12.COc1cnc(-n2cnc(CCS(C)(=O)=O)n2)nc1[C@@]12CC[C@@H](c3cc(-c4c(F)cccc4F)nnc31)C2(C)C.COc1cnc(Cl)nc1.COc1cnc(Cl)nc1[C@@]12CC[C@@H](c3cc(-c4c(F)cccc4F)nnc31)C2(C)C.CS(=O)(=O)CCc1ncn[nH]1. The first-order chi connectivity index (χ1) is 54.0. The van der Waals surface area contributed by atoms with E-state index in [1.807, 2.05) is 13.8 Å². The second-order valence-corrected chi connectivity index (χ2v) is 35.4. The number of ether oxygens (including phenoxy) is 3. The number of carboxylic acids is 1. The van der Waals surface area contributed by atoms with Gasteiger partial charge in [-0.3, -0.25) is 9.89 Å². The van der Waals surface area contributed by atoms with Crippen molar-refractivity contribution in [2.75, 3.05) is 45.3 Å². The molecule has 11 aromatic rings. The molecule has 6 aliphatic rings. The molecule has 3 aromatic carbocycles. The highest BCUT2D eigenvalue weighted by molar-refractivity contribution is 7.90. The predicted molar refractivity (Wildman–Crippen MR) is 404 cm³/mol. The van der Waals surface area contributed by atoms with Crippen LogP contribution in [0, 0.1) is 51.1 Å². The number of halogens is 8. The van der Waals surface area contributed by atoms with Gasteiger partial charge in [-0.25, -0.2) is 83.0 Å². The van der Waals surface area contributed by atoms with Crippen LogP contribution >= 0.6 is 23.2 Å². The molecule has 0 unspecified atom stereocenters. The van der Waals surface area contributed by atoms with E-state index in [2.05, 4.69) is 108 Å². The molecule has 3 fully saturated rings. The second kappa shape index (κ2) is 30.9. The Balaban J connectivity index is 0.000000135. The highest BCUT2D eigenvalue weighted by Gasteiger charge is 2.69. The van der Waals surface area contributed by atoms with E-state index in [-0.39, 0.29) is 91.4 Å². The first kappa shape index (κ1) is 81.4. The fraction of sp³-hybridized carbons (Fsp3) is 0.390. The smallest absolute Gasteiger partial charge is 0.316 e. The standard InChI is InChI=1S/C27H27F2N7O3S.C22H19ClF2N4O.C18H16F2N2O2.C5H5ClN2O.C5H9N3O2S/c1-26(2)16-8-10-27(26,23-15(16)12-19(33-34-23)22-17(28)6-5-7-18(22)29)24-20(39-3)13-30-25(32-24)36-14-31-21(35-36)9-11-40(4,37)38;1-21(2)12-7-8-22(21,19-16(30-3)10-26-20(23)27-19)18-11(12)9-15(28-29-18)17-13(24)5-4-6-14(17)25;1-17(2)10-6-7-18(17,16(23)24)15-9(10)8-13(21-22-15)14-11(19)4-3-5-12(14)20;1-9-4-2-7-5(6)8-3-4;1-11(9,10)3-2-5-6-4-7-8-5/h5-7,12-14,16H,8-11H2,1-4H3;4-6,9-10,12H,7-8H2,1-3H3;3-5,8,10H,6-7H2,1-2H3,(H,23,24);2-3H,1H3;4H,2-3H2,1H3,(H,6,7,8)/t16-,27+;12-,22+;10-,18+;;/m000../s1. The number of benzene rings is 3. The number of hydrogen-bond acceptors (Lipinski definition) is 24. The molecule has 0 radical (unpaired) electrons. The van der Waals surface area contributed by atoms with Crippen LogP contribution in [0.1, 0.15) is 155 Å². The van der Waals surface area contributed by atoms with E-state index in [0.717, 1.165) is 54.3 Å². The number of sulfone groups is 2. The number of aliphatic carboxylic acids is 1. The first-order valence-corrected chi connectivity index (χ1v) is 40.7. The lowest BCUT2D eigenvalue weighted by atomic mass is 9.66. The van der Waals surface area contributed by atoms with E-state index in [0.29, 0.717) is 70.9 Å². The van der Waals surface area contributed by atoms with Gasteiger partial charge >= 0.3 is 5.97 Å². The highest BCUT2D eigenvalue weighted by Crippen LogP contribution is 2.72. The lowest BCUT2D eigenvalue weighted by molar-refractivity contribution is -0.147. The van der Waals surface area contributed by atoms with Gasteiger partial charge in [-0.15, -0.1) is 20.4 Å². The van der Waals surface area contributed by atoms with E-state index in [1.54, 1.807) is 51.9 Å². The number of nitrogens with zero attached hydrogens (tertiary/aromatic N) is 17. The molecule has 8 heterocycles. The van der Waals surface area contributed by atoms with Crippen LogP contribution < -0.4 is 14.2 Å². The minimum atomic E-state index is -3.17. The second-order valence-electron chi connectivity index (χ2n) is 30.2. The lowest BCUT2D eigenvalue weighted by Gasteiger charge is -2.38. The number of carboxylic acid groups (broad SMARTS) is 1. The fourth-order valence-electron chi connectivity index (χ4n) is 17.6. The largest absolute Gasteiger partial charge is 0.494 e. The van der Waals surface area contributed by atoms with Crippen LogP contribution in [0.25, 0.3) is 39.7 Å². The number of aromatic nitrogens is 18. The summed E-state index contributed by atoms with van der Waals surface area (Å²) in [6.07, 6.45) is 16.3. The van der Waals surface area contributed by atoms with Gasteiger partial charge in [0.15, 0.2) is 23.1 Å². The van der Waals surface area contributed by atoms with Gasteiger partial charge < -0.3 is 19.3 Å². The molecule has 3 saturated carbocycles. The van der Waals surface area contributed by atoms with Crippen molar-refractivity contribution >= 4 is 48.8 Å². The Hall–Kier alpha value is -10.7. The van der Waals surface area contributed by atoms with Crippen molar-refractivity contribution in [1.29, 1.82) is 0 Å². The molecule has 2 N–H and O–H groups in total. The van der Waals surface area contributed by atoms with Crippen LogP contribution in [0.5, 0.6) is 17.2 Å². The molecule has 8 aromatic heterocycles. The van der Waals surface area contributed by atoms with E-state index < -0.39 is 87.6 Å². The van der Waals surface area contributed by atoms with Crippen molar-refractivity contribution in [2.45, 2.75) is 127 Å². The molecule has 596 valence electrons. The van der Waals surface area contributed by atoms with E-state index in [9.17, 15) is 53.1 Å². The molecule has 6 aliphatic carbocycles. The zero-order valence-corrected chi connectivity index (χ0v) is 66.5. The molecule has 37 heteroatoms. The number of carbonyl (C=O) groups is 1. The summed E-state index contributed by atoms with van der Waals surface area (Å²) in [5, 5.41) is 46.5. The van der Waals surface area contributed by atoms with Crippen LogP contribution in [0.4, 0.5) is 26.3 Å². The van der Waals surface area contributed by atoms with E-state index in [1.165, 1.54) is 90.6 Å². The number of H-pyrrole nitrogens is 1. The molecule has 0 aliphatic heterocycles. The topological polar surface area (TPSA) is 360 Å². The Morgan fingerprint density at radius 3 is 1.39 bits per heavy atom. The van der Waals surface area contributed by atoms with Crippen LogP contribution in [0.15, 0.2) is 110 Å². The maximum atomic E-state index is 14.6. The van der Waals surface area contributed by atoms with Gasteiger partial charge in [0.2, 0.25) is 10.6 Å². The maximum absolute atomic E-state index is 14.6. The fourth-order valence-corrected chi connectivity index (χ4v) is 19.0. The monoisotopic (exact) mass is 1640 g/mol. The maximum Gasteiger partial charge on any atom is 0.316 e. The summed E-state index contributed by atoms with van der Waals surface area (Å²) in [5.41, 5.74) is 2.07. The van der Waals surface area contributed by atoms with Gasteiger partial charge in [0.05, 0.1) is 119 Å². The zero-order chi connectivity index (χ0) is 82.0. The first-order valence-electron chi connectivity index (χ1n) is 35.8. The van der Waals surface area contributed by atoms with Crippen LogP contribution in [-0.2, 0) is 53.6 Å². The third kappa shape index (κ3) is 14.3. The summed E-state index contributed by atoms with van der Waals surface area (Å²) in [6, 6.07) is 16.3. The van der Waals surface area contributed by atoms with Crippen molar-refractivity contribution in [1.82, 2.24) is 90.4 Å². The summed E-state index contributed by atoms with van der Waals surface area (Å²) in [5.74, 6) is -2.01. The zero-order valence-electron chi connectivity index (χ0n) is 63.4. The molecular formula is C77H76Cl2F6N18O9S2. The normalized spacial score (nSPS) is 21.0. The summed E-state index contributed by atoms with van der Waals surface area (Å²) >= 11 is 11.5. The van der Waals surface area contributed by atoms with Crippen molar-refractivity contribution in [3.8, 4) is 57.0 Å². The quantitative estimate of drug-likeness (QED) is 0.0670. The molecule has 0 saturated heterocycles. The number of fused-ring (bicyclic) bond motifs is 15. The van der Waals surface area contributed by atoms with Crippen molar-refractivity contribution in [3.05, 3.63) is 213 Å². The van der Waals surface area contributed by atoms with E-state index in [4.69, 9.17) is 42.4 Å². The molecule has 17 rings (SSSR count). The number of rotatable bonds is 16. The predicted octanol–water partition coefficient (Wildman–Crippen LogP) is 12.9. The Morgan fingerprint density at radius 1 is 0.526 bits per heavy atom. The van der Waals surface area contributed by atoms with Gasteiger partial charge in [0.1, 0.15) is 89.9 Å². The number of methoxy groups -OCH3 is 3. The summed E-state index contributed by atoms with van der Waals surface area (Å²) in [6.45, 7) is 12.4. The number of nitrogens with one attached hydrogen (secondary N) is 1. The lowest BCUT2D eigenvalue weighted by Crippen LogP contribution is -2.43. The molecule has 27 nitrogen and oxygen atoms in total. The highest BCUT2D eigenvalue weighted by atomic mass is 35.5. The van der Waals surface area contributed by atoms with Crippen molar-refractivity contribution in [3.63, 3.8) is 0 Å². The number of hydrogen-bond donors (Lipinski definition) is 2. The van der Waals surface area contributed by atoms with Crippen LogP contribution in [-0.4, -0.2) is 164 Å². The molecule has 6 atom stereocenters. The molecule has 0 spiro atoms. The number of aromatic amines is 1. The molecule has 114 heavy (non-hydrogen) atoms.